The molecule has 1 aliphatic rings. The zero-order chi connectivity index (χ0) is 17.6. The van der Waals surface area contributed by atoms with Crippen molar-refractivity contribution in [3.63, 3.8) is 0 Å². The summed E-state index contributed by atoms with van der Waals surface area (Å²) in [6, 6.07) is 15.2. The molecule has 0 saturated carbocycles. The molecule has 1 aliphatic heterocycles. The minimum Gasteiger partial charge on any atom is -0.369 e. The number of amides is 1. The maximum Gasteiger partial charge on any atom is 0.225 e. The summed E-state index contributed by atoms with van der Waals surface area (Å²) in [7, 11) is 0. The van der Waals surface area contributed by atoms with E-state index in [1.54, 1.807) is 12.1 Å². The summed E-state index contributed by atoms with van der Waals surface area (Å²) in [5.74, 6) is 0.0161. The first kappa shape index (κ1) is 18.1. The van der Waals surface area contributed by atoms with Crippen LogP contribution in [0.25, 0.3) is 0 Å². The summed E-state index contributed by atoms with van der Waals surface area (Å²) in [4.78, 5) is 16.7. The third-order valence-corrected chi connectivity index (χ3v) is 4.81. The number of rotatable bonds is 5. The second-order valence-corrected chi connectivity index (χ2v) is 6.99. The second-order valence-electron chi connectivity index (χ2n) is 6.11. The van der Waals surface area contributed by atoms with Gasteiger partial charge in [-0.2, -0.15) is 0 Å². The number of piperazine rings is 1. The minimum atomic E-state index is 0.0161. The molecule has 4 nitrogen and oxygen atoms in total. The topological polar surface area (TPSA) is 35.6 Å². The average molecular weight is 378 g/mol. The molecule has 1 amide bonds. The van der Waals surface area contributed by atoms with E-state index in [-0.39, 0.29) is 5.91 Å². The van der Waals surface area contributed by atoms with Crippen molar-refractivity contribution in [2.75, 3.05) is 42.9 Å². The molecule has 132 valence electrons. The molecule has 6 heteroatoms. The van der Waals surface area contributed by atoms with Crippen molar-refractivity contribution in [1.29, 1.82) is 0 Å². The molecule has 1 saturated heterocycles. The molecule has 0 spiro atoms. The van der Waals surface area contributed by atoms with Gasteiger partial charge in [0, 0.05) is 60.6 Å². The number of nitrogens with zero attached hydrogens (tertiary/aromatic N) is 2. The Morgan fingerprint density at radius 2 is 1.68 bits per heavy atom. The molecular formula is C19H21Cl2N3O. The average Bonchev–Trinajstić information content (AvgIpc) is 2.61. The zero-order valence-electron chi connectivity index (χ0n) is 13.9. The summed E-state index contributed by atoms with van der Waals surface area (Å²) in [6.45, 7) is 4.58. The van der Waals surface area contributed by atoms with Crippen LogP contribution >= 0.6 is 23.2 Å². The van der Waals surface area contributed by atoms with Crippen LogP contribution in [0.15, 0.2) is 48.5 Å². The van der Waals surface area contributed by atoms with Crippen molar-refractivity contribution >= 4 is 40.5 Å². The van der Waals surface area contributed by atoms with E-state index in [9.17, 15) is 4.79 Å². The van der Waals surface area contributed by atoms with Gasteiger partial charge in [0.25, 0.3) is 0 Å². The van der Waals surface area contributed by atoms with Crippen molar-refractivity contribution < 1.29 is 4.79 Å². The number of halogens is 2. The van der Waals surface area contributed by atoms with E-state index in [4.69, 9.17) is 23.2 Å². The molecule has 1 N–H and O–H groups in total. The molecule has 0 atom stereocenters. The van der Waals surface area contributed by atoms with E-state index in [1.165, 1.54) is 5.69 Å². The Hall–Kier alpha value is -1.75. The Bertz CT molecular complexity index is 713. The van der Waals surface area contributed by atoms with E-state index in [1.807, 2.05) is 24.3 Å². The van der Waals surface area contributed by atoms with Crippen molar-refractivity contribution in [2.24, 2.45) is 0 Å². The summed E-state index contributed by atoms with van der Waals surface area (Å²) >= 11 is 11.9. The fourth-order valence-corrected chi connectivity index (χ4v) is 3.25. The van der Waals surface area contributed by atoms with E-state index in [0.717, 1.165) is 43.4 Å². The SMILES string of the molecule is O=C(CCN1CCN(c2ccc(Cl)cc2)CC1)Nc1cccc(Cl)c1. The summed E-state index contributed by atoms with van der Waals surface area (Å²) in [5, 5.41) is 4.27. The maximum absolute atomic E-state index is 12.1. The fraction of sp³-hybridized carbons (Fsp3) is 0.316. The van der Waals surface area contributed by atoms with Crippen LogP contribution in [0.2, 0.25) is 10.0 Å². The molecule has 2 aromatic carbocycles. The largest absolute Gasteiger partial charge is 0.369 e. The van der Waals surface area contributed by atoms with Gasteiger partial charge in [0.1, 0.15) is 0 Å². The van der Waals surface area contributed by atoms with Crippen molar-refractivity contribution in [3.8, 4) is 0 Å². The molecule has 0 bridgehead atoms. The van der Waals surface area contributed by atoms with Gasteiger partial charge in [-0.3, -0.25) is 9.69 Å². The summed E-state index contributed by atoms with van der Waals surface area (Å²) < 4.78 is 0. The van der Waals surface area contributed by atoms with E-state index in [2.05, 4.69) is 27.2 Å². The predicted octanol–water partition coefficient (Wildman–Crippen LogP) is 4.14. The lowest BCUT2D eigenvalue weighted by Crippen LogP contribution is -2.47. The number of benzene rings is 2. The van der Waals surface area contributed by atoms with Gasteiger partial charge in [0.15, 0.2) is 0 Å². The quantitative estimate of drug-likeness (QED) is 0.849. The molecule has 0 unspecified atom stereocenters. The standard InChI is InChI=1S/C19H21Cl2N3O/c20-15-4-6-18(7-5-15)24-12-10-23(11-13-24)9-8-19(25)22-17-3-1-2-16(21)14-17/h1-7,14H,8-13H2,(H,22,25). The minimum absolute atomic E-state index is 0.0161. The van der Waals surface area contributed by atoms with Crippen LogP contribution < -0.4 is 10.2 Å². The van der Waals surface area contributed by atoms with E-state index < -0.39 is 0 Å². The predicted molar refractivity (Wildman–Crippen MR) is 105 cm³/mol. The molecular weight excluding hydrogens is 357 g/mol. The first-order valence-electron chi connectivity index (χ1n) is 8.38. The van der Waals surface area contributed by atoms with Gasteiger partial charge in [-0.15, -0.1) is 0 Å². The van der Waals surface area contributed by atoms with Gasteiger partial charge in [0.05, 0.1) is 0 Å². The number of hydrogen-bond donors (Lipinski definition) is 1. The van der Waals surface area contributed by atoms with Crippen molar-refractivity contribution in [2.45, 2.75) is 6.42 Å². The third-order valence-electron chi connectivity index (χ3n) is 4.33. The molecule has 0 radical (unpaired) electrons. The van der Waals surface area contributed by atoms with Crippen LogP contribution in [-0.2, 0) is 4.79 Å². The van der Waals surface area contributed by atoms with Gasteiger partial charge in [-0.25, -0.2) is 0 Å². The number of carbonyl (C=O) groups excluding carboxylic acids is 1. The number of carbonyl (C=O) groups is 1. The molecule has 25 heavy (non-hydrogen) atoms. The lowest BCUT2D eigenvalue weighted by Gasteiger charge is -2.36. The molecule has 3 rings (SSSR count). The molecule has 2 aromatic rings. The Labute approximate surface area is 158 Å². The Morgan fingerprint density at radius 3 is 2.36 bits per heavy atom. The summed E-state index contributed by atoms with van der Waals surface area (Å²) in [6.07, 6.45) is 0.480. The van der Waals surface area contributed by atoms with Crippen molar-refractivity contribution in [3.05, 3.63) is 58.6 Å². The lowest BCUT2D eigenvalue weighted by molar-refractivity contribution is -0.116. The van der Waals surface area contributed by atoms with Gasteiger partial charge >= 0.3 is 0 Å². The highest BCUT2D eigenvalue weighted by Gasteiger charge is 2.17. The van der Waals surface area contributed by atoms with Crippen LogP contribution in [0.1, 0.15) is 6.42 Å². The van der Waals surface area contributed by atoms with Gasteiger partial charge in [-0.1, -0.05) is 29.3 Å². The maximum atomic E-state index is 12.1. The normalized spacial score (nSPS) is 15.2. The monoisotopic (exact) mass is 377 g/mol. The first-order valence-corrected chi connectivity index (χ1v) is 9.14. The smallest absolute Gasteiger partial charge is 0.225 e. The van der Waals surface area contributed by atoms with Crippen LogP contribution in [0.3, 0.4) is 0 Å². The highest BCUT2D eigenvalue weighted by atomic mass is 35.5. The highest BCUT2D eigenvalue weighted by molar-refractivity contribution is 6.31. The molecule has 0 aliphatic carbocycles. The Kier molecular flexibility index (Phi) is 6.19. The van der Waals surface area contributed by atoms with Gasteiger partial charge in [0.2, 0.25) is 5.91 Å². The Balaban J connectivity index is 1.41. The highest BCUT2D eigenvalue weighted by Crippen LogP contribution is 2.19. The van der Waals surface area contributed by atoms with Crippen molar-refractivity contribution in [1.82, 2.24) is 4.90 Å². The third kappa shape index (κ3) is 5.36. The molecule has 1 heterocycles. The second kappa shape index (κ2) is 8.56. The van der Waals surface area contributed by atoms with Crippen LogP contribution in [-0.4, -0.2) is 43.5 Å². The zero-order valence-corrected chi connectivity index (χ0v) is 15.4. The van der Waals surface area contributed by atoms with E-state index >= 15 is 0 Å². The Morgan fingerprint density at radius 1 is 0.960 bits per heavy atom. The van der Waals surface area contributed by atoms with Gasteiger partial charge in [-0.05, 0) is 42.5 Å². The molecule has 1 fully saturated rings. The van der Waals surface area contributed by atoms with Crippen LogP contribution in [0, 0.1) is 0 Å². The first-order chi connectivity index (χ1) is 12.1. The van der Waals surface area contributed by atoms with Crippen LogP contribution in [0.5, 0.6) is 0 Å². The lowest BCUT2D eigenvalue weighted by atomic mass is 10.2. The number of hydrogen-bond acceptors (Lipinski definition) is 3. The van der Waals surface area contributed by atoms with Crippen LogP contribution in [0.4, 0.5) is 11.4 Å². The number of anilines is 2. The summed E-state index contributed by atoms with van der Waals surface area (Å²) in [5.41, 5.74) is 1.94. The number of nitrogens with one attached hydrogen (secondary N) is 1. The fourth-order valence-electron chi connectivity index (χ4n) is 2.93. The van der Waals surface area contributed by atoms with E-state index in [0.29, 0.717) is 11.4 Å². The van der Waals surface area contributed by atoms with Gasteiger partial charge < -0.3 is 10.2 Å². The molecule has 0 aromatic heterocycles.